The maximum Gasteiger partial charge on any atom is 0.253 e. The second kappa shape index (κ2) is 5.06. The van der Waals surface area contributed by atoms with E-state index in [1.807, 2.05) is 24.3 Å². The zero-order valence-electron chi connectivity index (χ0n) is 11.8. The number of ether oxygens (including phenoxy) is 1. The monoisotopic (exact) mass is 303 g/mol. The molecule has 2 aliphatic carbocycles. The minimum Gasteiger partial charge on any atom is -0.488 e. The lowest BCUT2D eigenvalue weighted by atomic mass is 10.1. The normalized spacial score (nSPS) is 20.3. The predicted octanol–water partition coefficient (Wildman–Crippen LogP) is 3.52. The summed E-state index contributed by atoms with van der Waals surface area (Å²) in [5.41, 5.74) is 1.65. The first-order chi connectivity index (χ1) is 10.2. The number of hydrogen-bond acceptors (Lipinski definition) is 2. The second-order valence-corrected chi connectivity index (χ2v) is 6.71. The second-order valence-electron chi connectivity index (χ2n) is 6.27. The van der Waals surface area contributed by atoms with Gasteiger partial charge in [-0.15, -0.1) is 0 Å². The maximum absolute atomic E-state index is 12.8. The van der Waals surface area contributed by atoms with Gasteiger partial charge in [0.25, 0.3) is 5.91 Å². The minimum absolute atomic E-state index is 0.148. The maximum atomic E-state index is 12.8. The van der Waals surface area contributed by atoms with E-state index < -0.39 is 0 Å². The lowest BCUT2D eigenvalue weighted by Gasteiger charge is -2.26. The van der Waals surface area contributed by atoms with Gasteiger partial charge in [0, 0.05) is 23.2 Å². The molecular formula is C17H18ClNO2. The van der Waals surface area contributed by atoms with Gasteiger partial charge in [0.1, 0.15) is 12.4 Å². The van der Waals surface area contributed by atoms with Gasteiger partial charge in [-0.3, -0.25) is 4.79 Å². The van der Waals surface area contributed by atoms with Crippen molar-refractivity contribution in [3.63, 3.8) is 0 Å². The molecule has 1 aliphatic heterocycles. The number of benzene rings is 1. The Balaban J connectivity index is 1.58. The SMILES string of the molecule is O=C(C1=Cc2cc(Cl)ccc2OC1)N(CC1CC1)C1CC1. The number of fused-ring (bicyclic) bond motifs is 1. The lowest BCUT2D eigenvalue weighted by Crippen LogP contribution is -2.37. The van der Waals surface area contributed by atoms with Gasteiger partial charge in [0.15, 0.2) is 0 Å². The van der Waals surface area contributed by atoms with E-state index in [4.69, 9.17) is 16.3 Å². The van der Waals surface area contributed by atoms with Gasteiger partial charge in [-0.05, 0) is 55.9 Å². The van der Waals surface area contributed by atoms with Crippen LogP contribution in [0.4, 0.5) is 0 Å². The van der Waals surface area contributed by atoms with Crippen LogP contribution in [0.1, 0.15) is 31.2 Å². The molecule has 4 rings (SSSR count). The van der Waals surface area contributed by atoms with Crippen molar-refractivity contribution in [2.75, 3.05) is 13.2 Å². The third-order valence-electron chi connectivity index (χ3n) is 4.36. The van der Waals surface area contributed by atoms with E-state index in [1.54, 1.807) is 0 Å². The van der Waals surface area contributed by atoms with Gasteiger partial charge >= 0.3 is 0 Å². The van der Waals surface area contributed by atoms with Crippen LogP contribution < -0.4 is 4.74 Å². The smallest absolute Gasteiger partial charge is 0.253 e. The number of rotatable bonds is 4. The fraction of sp³-hybridized carbons (Fsp3) is 0.471. The van der Waals surface area contributed by atoms with E-state index in [9.17, 15) is 4.79 Å². The summed E-state index contributed by atoms with van der Waals surface area (Å²) < 4.78 is 5.71. The van der Waals surface area contributed by atoms with Crippen molar-refractivity contribution < 1.29 is 9.53 Å². The number of nitrogens with zero attached hydrogens (tertiary/aromatic N) is 1. The van der Waals surface area contributed by atoms with Crippen LogP contribution in [0, 0.1) is 5.92 Å². The van der Waals surface area contributed by atoms with Crippen molar-refractivity contribution in [1.29, 1.82) is 0 Å². The molecule has 1 heterocycles. The van der Waals surface area contributed by atoms with Crippen LogP contribution >= 0.6 is 11.6 Å². The van der Waals surface area contributed by atoms with Crippen LogP contribution in [0.5, 0.6) is 5.75 Å². The molecule has 0 unspecified atom stereocenters. The molecule has 21 heavy (non-hydrogen) atoms. The molecule has 0 radical (unpaired) electrons. The van der Waals surface area contributed by atoms with Crippen LogP contribution in [-0.4, -0.2) is 30.0 Å². The Morgan fingerprint density at radius 1 is 1.29 bits per heavy atom. The first kappa shape index (κ1) is 13.2. The van der Waals surface area contributed by atoms with Crippen molar-refractivity contribution in [3.05, 3.63) is 34.4 Å². The fourth-order valence-electron chi connectivity index (χ4n) is 2.82. The van der Waals surface area contributed by atoms with E-state index in [0.29, 0.717) is 17.7 Å². The molecule has 0 atom stereocenters. The third-order valence-corrected chi connectivity index (χ3v) is 4.59. The molecule has 1 aromatic rings. The number of carbonyl (C=O) groups excluding carboxylic acids is 1. The number of halogens is 1. The first-order valence-electron chi connectivity index (χ1n) is 7.64. The molecule has 2 saturated carbocycles. The quantitative estimate of drug-likeness (QED) is 0.852. The minimum atomic E-state index is 0.148. The van der Waals surface area contributed by atoms with E-state index in [1.165, 1.54) is 12.8 Å². The Bertz CT molecular complexity index is 617. The molecule has 1 aromatic carbocycles. The molecule has 0 saturated heterocycles. The van der Waals surface area contributed by atoms with Gasteiger partial charge in [-0.1, -0.05) is 11.6 Å². The fourth-order valence-corrected chi connectivity index (χ4v) is 3.00. The Morgan fingerprint density at radius 3 is 2.81 bits per heavy atom. The van der Waals surface area contributed by atoms with Crippen molar-refractivity contribution in [2.24, 2.45) is 5.92 Å². The third kappa shape index (κ3) is 2.80. The Labute approximate surface area is 129 Å². The van der Waals surface area contributed by atoms with Crippen molar-refractivity contribution in [1.82, 2.24) is 4.90 Å². The molecule has 110 valence electrons. The average molecular weight is 304 g/mol. The summed E-state index contributed by atoms with van der Waals surface area (Å²) in [7, 11) is 0. The molecule has 0 spiro atoms. The Hall–Kier alpha value is -1.48. The summed E-state index contributed by atoms with van der Waals surface area (Å²) in [6.07, 6.45) is 6.77. The van der Waals surface area contributed by atoms with Crippen molar-refractivity contribution in [2.45, 2.75) is 31.7 Å². The predicted molar refractivity (Wildman–Crippen MR) is 82.4 cm³/mol. The molecule has 1 amide bonds. The topological polar surface area (TPSA) is 29.5 Å². The molecule has 0 aromatic heterocycles. The van der Waals surface area contributed by atoms with E-state index in [2.05, 4.69) is 4.90 Å². The standard InChI is InChI=1S/C17H18ClNO2/c18-14-3-6-16-12(8-14)7-13(10-21-16)17(20)19(15-4-5-15)9-11-1-2-11/h3,6-8,11,15H,1-2,4-5,9-10H2. The number of hydrogen-bond donors (Lipinski definition) is 0. The van der Waals surface area contributed by atoms with Gasteiger partial charge in [-0.25, -0.2) is 0 Å². The largest absolute Gasteiger partial charge is 0.488 e. The Kier molecular flexibility index (Phi) is 3.18. The van der Waals surface area contributed by atoms with Crippen LogP contribution in [0.3, 0.4) is 0 Å². The molecule has 3 aliphatic rings. The summed E-state index contributed by atoms with van der Waals surface area (Å²) in [6, 6.07) is 5.98. The molecule has 0 bridgehead atoms. The van der Waals surface area contributed by atoms with Crippen LogP contribution in [-0.2, 0) is 4.79 Å². The summed E-state index contributed by atoms with van der Waals surface area (Å²) in [5.74, 6) is 1.67. The van der Waals surface area contributed by atoms with Crippen molar-refractivity contribution >= 4 is 23.6 Å². The molecule has 2 fully saturated rings. The van der Waals surface area contributed by atoms with Crippen molar-refractivity contribution in [3.8, 4) is 5.75 Å². The van der Waals surface area contributed by atoms with Gasteiger partial charge < -0.3 is 9.64 Å². The summed E-state index contributed by atoms with van der Waals surface area (Å²) in [5, 5.41) is 0.666. The lowest BCUT2D eigenvalue weighted by molar-refractivity contribution is -0.128. The van der Waals surface area contributed by atoms with E-state index in [0.717, 1.165) is 42.2 Å². The zero-order valence-corrected chi connectivity index (χ0v) is 12.6. The molecule has 0 N–H and O–H groups in total. The number of carbonyl (C=O) groups is 1. The first-order valence-corrected chi connectivity index (χ1v) is 8.02. The zero-order chi connectivity index (χ0) is 14.4. The molecule has 4 heteroatoms. The van der Waals surface area contributed by atoms with E-state index in [-0.39, 0.29) is 5.91 Å². The average Bonchev–Trinajstić information content (AvgIpc) is 3.36. The van der Waals surface area contributed by atoms with Gasteiger partial charge in [-0.2, -0.15) is 0 Å². The van der Waals surface area contributed by atoms with Crippen LogP contribution in [0.25, 0.3) is 6.08 Å². The highest BCUT2D eigenvalue weighted by molar-refractivity contribution is 6.30. The van der Waals surface area contributed by atoms with Gasteiger partial charge in [0.05, 0.1) is 5.57 Å². The van der Waals surface area contributed by atoms with Crippen LogP contribution in [0.15, 0.2) is 23.8 Å². The highest BCUT2D eigenvalue weighted by Crippen LogP contribution is 2.36. The Morgan fingerprint density at radius 2 is 2.10 bits per heavy atom. The molecule has 3 nitrogen and oxygen atoms in total. The number of amides is 1. The van der Waals surface area contributed by atoms with E-state index >= 15 is 0 Å². The molecular weight excluding hydrogens is 286 g/mol. The highest BCUT2D eigenvalue weighted by atomic mass is 35.5. The summed E-state index contributed by atoms with van der Waals surface area (Å²) >= 11 is 6.02. The van der Waals surface area contributed by atoms with Gasteiger partial charge in [0.2, 0.25) is 0 Å². The summed E-state index contributed by atoms with van der Waals surface area (Å²) in [6.45, 7) is 1.28. The highest BCUT2D eigenvalue weighted by Gasteiger charge is 2.37. The summed E-state index contributed by atoms with van der Waals surface area (Å²) in [4.78, 5) is 14.9. The van der Waals surface area contributed by atoms with Crippen LogP contribution in [0.2, 0.25) is 5.02 Å².